The summed E-state index contributed by atoms with van der Waals surface area (Å²) in [7, 11) is 0. The normalized spacial score (nSPS) is 11.1. The molecule has 0 aliphatic carbocycles. The fraction of sp³-hybridized carbons (Fsp3) is 0.421. The predicted molar refractivity (Wildman–Crippen MR) is 99.2 cm³/mol. The third-order valence-corrected chi connectivity index (χ3v) is 3.83. The molecule has 0 heterocycles. The summed E-state index contributed by atoms with van der Waals surface area (Å²) in [4.78, 5) is 25.8. The van der Waals surface area contributed by atoms with E-state index in [1.165, 1.54) is 13.1 Å². The molecule has 0 bridgehead atoms. The van der Waals surface area contributed by atoms with Crippen LogP contribution in [0.5, 0.6) is 0 Å². The molecule has 0 saturated carbocycles. The van der Waals surface area contributed by atoms with Crippen LogP contribution in [0.3, 0.4) is 0 Å². The van der Waals surface area contributed by atoms with Crippen LogP contribution >= 0.6 is 0 Å². The van der Waals surface area contributed by atoms with Crippen LogP contribution in [-0.2, 0) is 4.79 Å². The molecule has 0 aliphatic heterocycles. The zero-order chi connectivity index (χ0) is 18.7. The minimum Gasteiger partial charge on any atom is -0.390 e. The molecule has 25 heavy (non-hydrogen) atoms. The third-order valence-electron chi connectivity index (χ3n) is 3.83. The van der Waals surface area contributed by atoms with E-state index in [1.807, 2.05) is 6.07 Å². The molecule has 6 nitrogen and oxygen atoms in total. The SMILES string of the molecule is CCN(CC)CCCN/C=C(/C#N)C(=O)Nc1cccc(C(C)=O)c1. The molecular weight excluding hydrogens is 316 g/mol. The number of hydrogen-bond donors (Lipinski definition) is 2. The Morgan fingerprint density at radius 2 is 2.00 bits per heavy atom. The molecule has 2 N–H and O–H groups in total. The lowest BCUT2D eigenvalue weighted by molar-refractivity contribution is -0.112. The number of benzene rings is 1. The first-order valence-corrected chi connectivity index (χ1v) is 8.50. The molecule has 0 saturated heterocycles. The number of anilines is 1. The Hall–Kier alpha value is -2.65. The van der Waals surface area contributed by atoms with Crippen molar-refractivity contribution in [3.63, 3.8) is 0 Å². The minimum atomic E-state index is -0.501. The molecule has 0 spiro atoms. The zero-order valence-electron chi connectivity index (χ0n) is 15.1. The standard InChI is InChI=1S/C19H26N4O2/c1-4-23(5-2)11-7-10-21-14-17(13-20)19(25)22-18-9-6-8-16(12-18)15(3)24/h6,8-9,12,14,21H,4-5,7,10-11H2,1-3H3,(H,22,25)/b17-14-. The van der Waals surface area contributed by atoms with Crippen molar-refractivity contribution in [1.82, 2.24) is 10.2 Å². The molecule has 1 aromatic rings. The number of nitriles is 1. The quantitative estimate of drug-likeness (QED) is 0.295. The summed E-state index contributed by atoms with van der Waals surface area (Å²) >= 11 is 0. The summed E-state index contributed by atoms with van der Waals surface area (Å²) < 4.78 is 0. The lowest BCUT2D eigenvalue weighted by atomic mass is 10.1. The van der Waals surface area contributed by atoms with Gasteiger partial charge >= 0.3 is 0 Å². The highest BCUT2D eigenvalue weighted by molar-refractivity contribution is 6.07. The zero-order valence-corrected chi connectivity index (χ0v) is 15.1. The minimum absolute atomic E-state index is 0.00364. The Kier molecular flexibility index (Phi) is 8.97. The van der Waals surface area contributed by atoms with Crippen LogP contribution in [0.25, 0.3) is 0 Å². The molecule has 0 unspecified atom stereocenters. The summed E-state index contributed by atoms with van der Waals surface area (Å²) in [6, 6.07) is 8.52. The summed E-state index contributed by atoms with van der Waals surface area (Å²) in [6.45, 7) is 9.39. The summed E-state index contributed by atoms with van der Waals surface area (Å²) in [6.07, 6.45) is 2.37. The Labute approximate surface area is 149 Å². The van der Waals surface area contributed by atoms with Crippen molar-refractivity contribution in [2.24, 2.45) is 0 Å². The fourth-order valence-corrected chi connectivity index (χ4v) is 2.28. The first kappa shape index (κ1) is 20.4. The number of nitrogens with zero attached hydrogens (tertiary/aromatic N) is 2. The lowest BCUT2D eigenvalue weighted by Gasteiger charge is -2.17. The number of Topliss-reactive ketones (excluding diaryl/α,β-unsaturated/α-hetero) is 1. The van der Waals surface area contributed by atoms with E-state index >= 15 is 0 Å². The van der Waals surface area contributed by atoms with Crippen LogP contribution in [0.1, 0.15) is 37.6 Å². The molecular formula is C19H26N4O2. The van der Waals surface area contributed by atoms with Gasteiger partial charge in [-0.25, -0.2) is 0 Å². The van der Waals surface area contributed by atoms with Gasteiger partial charge in [-0.05, 0) is 45.1 Å². The smallest absolute Gasteiger partial charge is 0.267 e. The molecule has 0 atom stereocenters. The highest BCUT2D eigenvalue weighted by atomic mass is 16.1. The van der Waals surface area contributed by atoms with E-state index in [0.29, 0.717) is 17.8 Å². The van der Waals surface area contributed by atoms with Crippen molar-refractivity contribution in [3.05, 3.63) is 41.6 Å². The first-order chi connectivity index (χ1) is 12.0. The van der Waals surface area contributed by atoms with E-state index in [0.717, 1.165) is 26.1 Å². The van der Waals surface area contributed by atoms with Crippen LogP contribution in [0.2, 0.25) is 0 Å². The highest BCUT2D eigenvalue weighted by Crippen LogP contribution is 2.12. The van der Waals surface area contributed by atoms with Crippen molar-refractivity contribution in [2.75, 3.05) is 31.5 Å². The van der Waals surface area contributed by atoms with E-state index in [2.05, 4.69) is 29.4 Å². The van der Waals surface area contributed by atoms with Crippen molar-refractivity contribution in [3.8, 4) is 6.07 Å². The van der Waals surface area contributed by atoms with Crippen LogP contribution in [-0.4, -0.2) is 42.8 Å². The van der Waals surface area contributed by atoms with E-state index in [-0.39, 0.29) is 11.4 Å². The van der Waals surface area contributed by atoms with Gasteiger partial charge in [0.2, 0.25) is 0 Å². The third kappa shape index (κ3) is 7.19. The monoisotopic (exact) mass is 342 g/mol. The van der Waals surface area contributed by atoms with Gasteiger partial charge in [0.1, 0.15) is 11.6 Å². The van der Waals surface area contributed by atoms with E-state index in [4.69, 9.17) is 5.26 Å². The summed E-state index contributed by atoms with van der Waals surface area (Å²) in [5.41, 5.74) is 0.992. The number of ketones is 1. The average molecular weight is 342 g/mol. The number of hydrogen-bond acceptors (Lipinski definition) is 5. The van der Waals surface area contributed by atoms with Gasteiger partial charge in [-0.3, -0.25) is 9.59 Å². The number of amides is 1. The molecule has 0 aliphatic rings. The number of rotatable bonds is 10. The molecule has 134 valence electrons. The predicted octanol–water partition coefficient (Wildman–Crippen LogP) is 2.56. The molecule has 0 fully saturated rings. The maximum absolute atomic E-state index is 12.2. The van der Waals surface area contributed by atoms with Crippen molar-refractivity contribution in [2.45, 2.75) is 27.2 Å². The van der Waals surface area contributed by atoms with Gasteiger partial charge in [0, 0.05) is 24.0 Å². The van der Waals surface area contributed by atoms with Gasteiger partial charge in [0.05, 0.1) is 0 Å². The van der Waals surface area contributed by atoms with Crippen molar-refractivity contribution >= 4 is 17.4 Å². The molecule has 0 aromatic heterocycles. The molecule has 1 rings (SSSR count). The van der Waals surface area contributed by atoms with Crippen molar-refractivity contribution < 1.29 is 9.59 Å². The average Bonchev–Trinajstić information content (AvgIpc) is 2.61. The van der Waals surface area contributed by atoms with Crippen molar-refractivity contribution in [1.29, 1.82) is 5.26 Å². The largest absolute Gasteiger partial charge is 0.390 e. The van der Waals surface area contributed by atoms with E-state index in [1.54, 1.807) is 24.3 Å². The van der Waals surface area contributed by atoms with Crippen LogP contribution in [0, 0.1) is 11.3 Å². The van der Waals surface area contributed by atoms with E-state index < -0.39 is 5.91 Å². The summed E-state index contributed by atoms with van der Waals surface area (Å²) in [5.74, 6) is -0.582. The van der Waals surface area contributed by atoms with Gasteiger partial charge in [-0.2, -0.15) is 5.26 Å². The lowest BCUT2D eigenvalue weighted by Crippen LogP contribution is -2.26. The summed E-state index contributed by atoms with van der Waals surface area (Å²) in [5, 5.41) is 14.8. The van der Waals surface area contributed by atoms with Gasteiger partial charge in [0.25, 0.3) is 5.91 Å². The second kappa shape index (κ2) is 11.0. The maximum Gasteiger partial charge on any atom is 0.267 e. The Morgan fingerprint density at radius 3 is 2.60 bits per heavy atom. The fourth-order valence-electron chi connectivity index (χ4n) is 2.28. The second-order valence-electron chi connectivity index (χ2n) is 5.60. The number of carbonyl (C=O) groups excluding carboxylic acids is 2. The van der Waals surface area contributed by atoms with Gasteiger partial charge in [0.15, 0.2) is 5.78 Å². The topological polar surface area (TPSA) is 85.2 Å². The molecule has 0 radical (unpaired) electrons. The van der Waals surface area contributed by atoms with Gasteiger partial charge in [-0.1, -0.05) is 26.0 Å². The first-order valence-electron chi connectivity index (χ1n) is 8.50. The van der Waals surface area contributed by atoms with Gasteiger partial charge in [-0.15, -0.1) is 0 Å². The molecule has 1 aromatic carbocycles. The maximum atomic E-state index is 12.2. The Balaban J connectivity index is 2.55. The second-order valence-corrected chi connectivity index (χ2v) is 5.60. The Bertz CT molecular complexity index is 658. The molecule has 1 amide bonds. The Morgan fingerprint density at radius 1 is 1.28 bits per heavy atom. The number of nitrogens with one attached hydrogen (secondary N) is 2. The van der Waals surface area contributed by atoms with Gasteiger partial charge < -0.3 is 15.5 Å². The van der Waals surface area contributed by atoms with Crippen LogP contribution in [0.15, 0.2) is 36.0 Å². The van der Waals surface area contributed by atoms with E-state index in [9.17, 15) is 9.59 Å². The molecule has 6 heteroatoms. The van der Waals surface area contributed by atoms with Crippen LogP contribution in [0.4, 0.5) is 5.69 Å². The van der Waals surface area contributed by atoms with Crippen LogP contribution < -0.4 is 10.6 Å². The number of carbonyl (C=O) groups is 2. The highest BCUT2D eigenvalue weighted by Gasteiger charge is 2.10.